The lowest BCUT2D eigenvalue weighted by molar-refractivity contribution is 0.0659. The maximum Gasteiger partial charge on any atom is 0.150 e. The van der Waals surface area contributed by atoms with Gasteiger partial charge in [0.1, 0.15) is 21.2 Å². The molecule has 0 aliphatic carbocycles. The fourth-order valence-electron chi connectivity index (χ4n) is 3.52. The molecule has 148 valence electrons. The van der Waals surface area contributed by atoms with Crippen LogP contribution in [0.25, 0.3) is 0 Å². The molecule has 0 aromatic heterocycles. The number of hydrogen-bond acceptors (Lipinski definition) is 4. The van der Waals surface area contributed by atoms with Crippen LogP contribution in [0.15, 0.2) is 12.1 Å². The molecule has 5 heteroatoms. The topological polar surface area (TPSA) is 55.4 Å². The third-order valence-corrected chi connectivity index (χ3v) is 7.09. The molecule has 1 atom stereocenters. The summed E-state index contributed by atoms with van der Waals surface area (Å²) < 4.78 is 29.2. The third kappa shape index (κ3) is 5.98. The molecular weight excluding hydrogens is 346 g/mol. The van der Waals surface area contributed by atoms with E-state index in [4.69, 9.17) is 4.74 Å². The highest BCUT2D eigenvalue weighted by Gasteiger charge is 2.33. The Hall–Kier alpha value is -1.07. The largest absolute Gasteiger partial charge is 0.487 e. The van der Waals surface area contributed by atoms with Gasteiger partial charge in [0.05, 0.1) is 5.75 Å². The molecule has 26 heavy (non-hydrogen) atoms. The van der Waals surface area contributed by atoms with Crippen molar-refractivity contribution in [3.8, 4) is 5.75 Å². The Morgan fingerprint density at radius 1 is 1.12 bits per heavy atom. The average molecular weight is 382 g/mol. The van der Waals surface area contributed by atoms with Crippen molar-refractivity contribution < 1.29 is 13.2 Å². The van der Waals surface area contributed by atoms with Gasteiger partial charge in [-0.1, -0.05) is 25.8 Å². The van der Waals surface area contributed by atoms with Crippen LogP contribution in [-0.4, -0.2) is 32.1 Å². The smallest absolute Gasteiger partial charge is 0.150 e. The van der Waals surface area contributed by atoms with Crippen LogP contribution in [0.2, 0.25) is 0 Å². The van der Waals surface area contributed by atoms with E-state index in [0.29, 0.717) is 11.8 Å². The Balaban J connectivity index is 1.83. The predicted molar refractivity (Wildman–Crippen MR) is 109 cm³/mol. The number of aryl methyl sites for hydroxylation is 2. The average Bonchev–Trinajstić information content (AvgIpc) is 2.55. The van der Waals surface area contributed by atoms with Crippen molar-refractivity contribution in [2.45, 2.75) is 78.4 Å². The van der Waals surface area contributed by atoms with Gasteiger partial charge in [0.25, 0.3) is 0 Å². The molecule has 1 N–H and O–H groups in total. The van der Waals surface area contributed by atoms with E-state index in [1.807, 2.05) is 0 Å². The van der Waals surface area contributed by atoms with Crippen molar-refractivity contribution in [3.63, 3.8) is 0 Å². The summed E-state index contributed by atoms with van der Waals surface area (Å²) in [7, 11) is -2.81. The number of hydrogen-bond donors (Lipinski definition) is 1. The standard InChI is InChI=1S/C21H35NO3S/c1-6-26(23,24)12-10-8-7-9-11-22-19-15-21(4,5)25-20-14-17(3)16(2)13-18(19)20/h13-14,19,22H,6-12,15H2,1-5H3. The SMILES string of the molecule is CCS(=O)(=O)CCCCCCNC1CC(C)(C)Oc2cc(C)c(C)cc21. The lowest BCUT2D eigenvalue weighted by Crippen LogP contribution is -2.39. The minimum atomic E-state index is -2.81. The highest BCUT2D eigenvalue weighted by molar-refractivity contribution is 7.91. The summed E-state index contributed by atoms with van der Waals surface area (Å²) in [5, 5.41) is 3.70. The van der Waals surface area contributed by atoms with Crippen LogP contribution in [0.5, 0.6) is 5.75 Å². The molecule has 0 saturated carbocycles. The van der Waals surface area contributed by atoms with Crippen LogP contribution >= 0.6 is 0 Å². The Labute approximate surface area is 159 Å². The van der Waals surface area contributed by atoms with E-state index in [2.05, 4.69) is 45.1 Å². The molecule has 0 fully saturated rings. The van der Waals surface area contributed by atoms with Gasteiger partial charge in [-0.05, 0) is 64.3 Å². The zero-order chi connectivity index (χ0) is 19.4. The Morgan fingerprint density at radius 3 is 2.46 bits per heavy atom. The lowest BCUT2D eigenvalue weighted by Gasteiger charge is -2.38. The molecule has 0 saturated heterocycles. The van der Waals surface area contributed by atoms with E-state index < -0.39 is 9.84 Å². The lowest BCUT2D eigenvalue weighted by atomic mass is 9.88. The van der Waals surface area contributed by atoms with Crippen LogP contribution in [0.3, 0.4) is 0 Å². The molecule has 1 aromatic carbocycles. The Kier molecular flexibility index (Phi) is 7.14. The zero-order valence-electron chi connectivity index (χ0n) is 17.0. The number of unbranched alkanes of at least 4 members (excludes halogenated alkanes) is 3. The van der Waals surface area contributed by atoms with E-state index >= 15 is 0 Å². The zero-order valence-corrected chi connectivity index (χ0v) is 17.8. The summed E-state index contributed by atoms with van der Waals surface area (Å²) >= 11 is 0. The molecule has 1 heterocycles. The molecular formula is C21H35NO3S. The molecule has 0 spiro atoms. The molecule has 1 aliphatic rings. The van der Waals surface area contributed by atoms with Crippen molar-refractivity contribution >= 4 is 9.84 Å². The van der Waals surface area contributed by atoms with Gasteiger partial charge in [-0.3, -0.25) is 0 Å². The first-order valence-corrected chi connectivity index (χ1v) is 11.7. The van der Waals surface area contributed by atoms with E-state index in [-0.39, 0.29) is 11.4 Å². The number of benzene rings is 1. The van der Waals surface area contributed by atoms with Crippen LogP contribution in [0, 0.1) is 13.8 Å². The van der Waals surface area contributed by atoms with E-state index in [1.54, 1.807) is 6.92 Å². The summed E-state index contributed by atoms with van der Waals surface area (Å²) in [6.45, 7) is 11.2. The van der Waals surface area contributed by atoms with Crippen molar-refractivity contribution in [2.24, 2.45) is 0 Å². The van der Waals surface area contributed by atoms with Crippen LogP contribution in [0.4, 0.5) is 0 Å². The Morgan fingerprint density at radius 2 is 1.77 bits per heavy atom. The van der Waals surface area contributed by atoms with Crippen LogP contribution in [0.1, 0.15) is 75.6 Å². The minimum Gasteiger partial charge on any atom is -0.487 e. The van der Waals surface area contributed by atoms with Crippen molar-refractivity contribution in [2.75, 3.05) is 18.1 Å². The Bertz CT molecular complexity index is 710. The van der Waals surface area contributed by atoms with Crippen LogP contribution in [-0.2, 0) is 9.84 Å². The van der Waals surface area contributed by atoms with Crippen LogP contribution < -0.4 is 10.1 Å². The van der Waals surface area contributed by atoms with Gasteiger partial charge in [0.15, 0.2) is 0 Å². The van der Waals surface area contributed by atoms with Gasteiger partial charge < -0.3 is 10.1 Å². The summed E-state index contributed by atoms with van der Waals surface area (Å²) in [5.41, 5.74) is 3.67. The monoisotopic (exact) mass is 381 g/mol. The molecule has 0 radical (unpaired) electrons. The molecule has 1 aromatic rings. The number of ether oxygens (including phenoxy) is 1. The fraction of sp³-hybridized carbons (Fsp3) is 0.714. The highest BCUT2D eigenvalue weighted by atomic mass is 32.2. The minimum absolute atomic E-state index is 0.166. The summed E-state index contributed by atoms with van der Waals surface area (Å²) in [6.07, 6.45) is 4.86. The molecule has 2 rings (SSSR count). The maximum absolute atomic E-state index is 11.5. The first-order valence-electron chi connectivity index (χ1n) is 9.87. The molecule has 1 unspecified atom stereocenters. The molecule has 1 aliphatic heterocycles. The second kappa shape index (κ2) is 8.75. The van der Waals surface area contributed by atoms with Gasteiger partial charge in [-0.15, -0.1) is 0 Å². The van der Waals surface area contributed by atoms with Gasteiger partial charge in [-0.25, -0.2) is 8.42 Å². The van der Waals surface area contributed by atoms with Gasteiger partial charge >= 0.3 is 0 Å². The number of sulfone groups is 1. The van der Waals surface area contributed by atoms with Crippen molar-refractivity contribution in [1.82, 2.24) is 5.32 Å². The van der Waals surface area contributed by atoms with Gasteiger partial charge in [0.2, 0.25) is 0 Å². The quantitative estimate of drug-likeness (QED) is 0.640. The second-order valence-corrected chi connectivity index (χ2v) is 10.7. The summed E-state index contributed by atoms with van der Waals surface area (Å²) in [5.74, 6) is 1.59. The summed E-state index contributed by atoms with van der Waals surface area (Å²) in [4.78, 5) is 0. The first-order chi connectivity index (χ1) is 12.1. The molecule has 4 nitrogen and oxygen atoms in total. The normalized spacial score (nSPS) is 19.0. The van der Waals surface area contributed by atoms with Gasteiger partial charge in [-0.2, -0.15) is 0 Å². The number of rotatable bonds is 9. The van der Waals surface area contributed by atoms with E-state index in [1.165, 1.54) is 16.7 Å². The third-order valence-electron chi connectivity index (χ3n) is 5.30. The van der Waals surface area contributed by atoms with Crippen molar-refractivity contribution in [1.29, 1.82) is 0 Å². The second-order valence-electron chi connectivity index (χ2n) is 8.20. The van der Waals surface area contributed by atoms with Crippen molar-refractivity contribution in [3.05, 3.63) is 28.8 Å². The maximum atomic E-state index is 11.5. The predicted octanol–water partition coefficient (Wildman–Crippen LogP) is 4.49. The summed E-state index contributed by atoms with van der Waals surface area (Å²) in [6, 6.07) is 4.73. The molecule has 0 bridgehead atoms. The number of nitrogens with one attached hydrogen (secondary N) is 1. The molecule has 0 amide bonds. The fourth-order valence-corrected chi connectivity index (χ4v) is 4.45. The first kappa shape index (κ1) is 21.2. The van der Waals surface area contributed by atoms with E-state index in [0.717, 1.165) is 44.4 Å². The highest BCUT2D eigenvalue weighted by Crippen LogP contribution is 2.40. The van der Waals surface area contributed by atoms with Gasteiger partial charge in [0, 0.05) is 23.8 Å². The number of fused-ring (bicyclic) bond motifs is 1. The van der Waals surface area contributed by atoms with E-state index in [9.17, 15) is 8.42 Å².